The zero-order chi connectivity index (χ0) is 18.1. The Bertz CT molecular complexity index is 905. The molecular weight excluding hydrogens is 336 g/mol. The molecule has 1 aliphatic rings. The summed E-state index contributed by atoms with van der Waals surface area (Å²) in [6, 6.07) is 2.63. The maximum Gasteiger partial charge on any atom is 0.346 e. The summed E-state index contributed by atoms with van der Waals surface area (Å²) in [5.74, 6) is -2.71. The molecule has 1 aromatic carbocycles. The van der Waals surface area contributed by atoms with Crippen molar-refractivity contribution in [2.24, 2.45) is 0 Å². The van der Waals surface area contributed by atoms with Crippen LogP contribution in [0.25, 0.3) is 0 Å². The molecular formula is C15H15F2N5O3. The van der Waals surface area contributed by atoms with Gasteiger partial charge in [-0.2, -0.15) is 0 Å². The van der Waals surface area contributed by atoms with E-state index in [0.717, 1.165) is 22.9 Å². The molecule has 2 amide bonds. The third kappa shape index (κ3) is 3.14. The Hall–Kier alpha value is -3.04. The number of rotatable bonds is 4. The summed E-state index contributed by atoms with van der Waals surface area (Å²) >= 11 is 0. The summed E-state index contributed by atoms with van der Waals surface area (Å²) in [6.45, 7) is 2.44. The highest BCUT2D eigenvalue weighted by Gasteiger charge is 2.29. The molecule has 0 spiro atoms. The summed E-state index contributed by atoms with van der Waals surface area (Å²) in [7, 11) is 0. The van der Waals surface area contributed by atoms with E-state index < -0.39 is 29.8 Å². The molecule has 0 radical (unpaired) electrons. The summed E-state index contributed by atoms with van der Waals surface area (Å²) in [4.78, 5) is 38.0. The molecule has 2 aromatic rings. The third-order valence-electron chi connectivity index (χ3n) is 3.87. The largest absolute Gasteiger partial charge is 0.346 e. The zero-order valence-corrected chi connectivity index (χ0v) is 13.3. The van der Waals surface area contributed by atoms with Crippen molar-refractivity contribution in [3.8, 4) is 0 Å². The number of likely N-dealkylation sites (N-methyl/N-ethyl adjacent to an activating group) is 1. The van der Waals surface area contributed by atoms with E-state index in [4.69, 9.17) is 0 Å². The van der Waals surface area contributed by atoms with Crippen molar-refractivity contribution < 1.29 is 18.4 Å². The number of fused-ring (bicyclic) bond motifs is 1. The highest BCUT2D eigenvalue weighted by Crippen LogP contribution is 2.15. The van der Waals surface area contributed by atoms with E-state index in [-0.39, 0.29) is 24.0 Å². The standard InChI is InChI=1S/C15H15F2N5O3/c1-2-20-5-6-21-13(14(20)24)19-22(15(21)25)8-12(23)18-11-7-9(16)3-4-10(11)17/h3-4,7H,2,5-6,8H2,1H3,(H,18,23). The van der Waals surface area contributed by atoms with E-state index in [1.807, 2.05) is 6.92 Å². The van der Waals surface area contributed by atoms with Crippen LogP contribution in [0.2, 0.25) is 0 Å². The second-order valence-electron chi connectivity index (χ2n) is 5.47. The Balaban J connectivity index is 1.80. The van der Waals surface area contributed by atoms with E-state index in [1.165, 1.54) is 9.47 Å². The fraction of sp³-hybridized carbons (Fsp3) is 0.333. The topological polar surface area (TPSA) is 89.2 Å². The van der Waals surface area contributed by atoms with Gasteiger partial charge in [0.15, 0.2) is 0 Å². The average molecular weight is 351 g/mol. The highest BCUT2D eigenvalue weighted by molar-refractivity contribution is 5.92. The van der Waals surface area contributed by atoms with Gasteiger partial charge >= 0.3 is 5.69 Å². The van der Waals surface area contributed by atoms with Crippen LogP contribution in [0.1, 0.15) is 17.5 Å². The van der Waals surface area contributed by atoms with Gasteiger partial charge in [-0.1, -0.05) is 0 Å². The van der Waals surface area contributed by atoms with Gasteiger partial charge in [-0.25, -0.2) is 18.3 Å². The number of halogens is 2. The third-order valence-corrected chi connectivity index (χ3v) is 3.87. The minimum atomic E-state index is -0.806. The van der Waals surface area contributed by atoms with E-state index in [2.05, 4.69) is 10.4 Å². The van der Waals surface area contributed by atoms with Crippen LogP contribution in [0, 0.1) is 11.6 Å². The van der Waals surface area contributed by atoms with Crippen molar-refractivity contribution in [1.82, 2.24) is 19.2 Å². The van der Waals surface area contributed by atoms with Crippen LogP contribution in [-0.2, 0) is 17.9 Å². The number of anilines is 1. The van der Waals surface area contributed by atoms with Gasteiger partial charge in [-0.3, -0.25) is 14.2 Å². The van der Waals surface area contributed by atoms with Gasteiger partial charge in [-0.15, -0.1) is 5.10 Å². The first-order valence-corrected chi connectivity index (χ1v) is 7.62. The second-order valence-corrected chi connectivity index (χ2v) is 5.47. The van der Waals surface area contributed by atoms with Gasteiger partial charge in [-0.05, 0) is 19.1 Å². The SMILES string of the molecule is CCN1CCn2c(nn(CC(=O)Nc3cc(F)ccc3F)c2=O)C1=O. The Morgan fingerprint density at radius 2 is 2.04 bits per heavy atom. The number of nitrogens with zero attached hydrogens (tertiary/aromatic N) is 4. The van der Waals surface area contributed by atoms with Crippen LogP contribution in [0.3, 0.4) is 0 Å². The molecule has 1 aliphatic heterocycles. The van der Waals surface area contributed by atoms with Crippen molar-refractivity contribution in [1.29, 1.82) is 0 Å². The molecule has 1 aromatic heterocycles. The Labute approximate surface area is 140 Å². The van der Waals surface area contributed by atoms with E-state index in [1.54, 1.807) is 0 Å². The molecule has 3 rings (SSSR count). The lowest BCUT2D eigenvalue weighted by atomic mass is 10.3. The van der Waals surface area contributed by atoms with Crippen LogP contribution in [0.15, 0.2) is 23.0 Å². The summed E-state index contributed by atoms with van der Waals surface area (Å²) in [5.41, 5.74) is -0.941. The van der Waals surface area contributed by atoms with E-state index >= 15 is 0 Å². The molecule has 132 valence electrons. The predicted molar refractivity (Wildman–Crippen MR) is 83.1 cm³/mol. The van der Waals surface area contributed by atoms with Crippen LogP contribution >= 0.6 is 0 Å². The molecule has 2 heterocycles. The molecule has 0 saturated carbocycles. The number of benzene rings is 1. The molecule has 0 aliphatic carbocycles. The maximum atomic E-state index is 13.5. The number of nitrogens with one attached hydrogen (secondary N) is 1. The van der Waals surface area contributed by atoms with Gasteiger partial charge in [0.2, 0.25) is 11.7 Å². The number of aromatic nitrogens is 3. The molecule has 0 bridgehead atoms. The quantitative estimate of drug-likeness (QED) is 0.866. The number of hydrogen-bond donors (Lipinski definition) is 1. The normalized spacial score (nSPS) is 13.7. The minimum absolute atomic E-state index is 0.0390. The van der Waals surface area contributed by atoms with Gasteiger partial charge in [0, 0.05) is 25.7 Å². The predicted octanol–water partition coefficient (Wildman–Crippen LogP) is 0.437. The molecule has 0 unspecified atom stereocenters. The lowest BCUT2D eigenvalue weighted by Gasteiger charge is -2.24. The minimum Gasteiger partial charge on any atom is -0.334 e. The fourth-order valence-corrected chi connectivity index (χ4v) is 2.59. The monoisotopic (exact) mass is 351 g/mol. The van der Waals surface area contributed by atoms with Crippen molar-refractivity contribution in [2.75, 3.05) is 18.4 Å². The highest BCUT2D eigenvalue weighted by atomic mass is 19.1. The smallest absolute Gasteiger partial charge is 0.334 e. The zero-order valence-electron chi connectivity index (χ0n) is 13.3. The Kier molecular flexibility index (Phi) is 4.34. The summed E-state index contributed by atoms with van der Waals surface area (Å²) in [6.07, 6.45) is 0. The Morgan fingerprint density at radius 1 is 1.28 bits per heavy atom. The molecule has 25 heavy (non-hydrogen) atoms. The lowest BCUT2D eigenvalue weighted by Crippen LogP contribution is -2.42. The van der Waals surface area contributed by atoms with Gasteiger partial charge in [0.25, 0.3) is 5.91 Å². The lowest BCUT2D eigenvalue weighted by molar-refractivity contribution is -0.117. The average Bonchev–Trinajstić information content (AvgIpc) is 2.88. The number of amides is 2. The maximum absolute atomic E-state index is 13.5. The summed E-state index contributed by atoms with van der Waals surface area (Å²) < 4.78 is 28.7. The Morgan fingerprint density at radius 3 is 2.76 bits per heavy atom. The van der Waals surface area contributed by atoms with Crippen molar-refractivity contribution in [3.63, 3.8) is 0 Å². The molecule has 1 N–H and O–H groups in total. The van der Waals surface area contributed by atoms with Crippen LogP contribution in [-0.4, -0.2) is 44.2 Å². The van der Waals surface area contributed by atoms with Crippen molar-refractivity contribution in [2.45, 2.75) is 20.0 Å². The molecule has 0 fully saturated rings. The van der Waals surface area contributed by atoms with Gasteiger partial charge in [0.1, 0.15) is 18.2 Å². The van der Waals surface area contributed by atoms with Crippen LogP contribution in [0.4, 0.5) is 14.5 Å². The van der Waals surface area contributed by atoms with E-state index in [0.29, 0.717) is 13.1 Å². The van der Waals surface area contributed by atoms with Crippen molar-refractivity contribution in [3.05, 3.63) is 46.1 Å². The fourth-order valence-electron chi connectivity index (χ4n) is 2.59. The first-order valence-electron chi connectivity index (χ1n) is 7.62. The first kappa shape index (κ1) is 16.8. The van der Waals surface area contributed by atoms with Gasteiger partial charge in [0.05, 0.1) is 5.69 Å². The van der Waals surface area contributed by atoms with Crippen LogP contribution < -0.4 is 11.0 Å². The van der Waals surface area contributed by atoms with Crippen LogP contribution in [0.5, 0.6) is 0 Å². The van der Waals surface area contributed by atoms with E-state index in [9.17, 15) is 23.2 Å². The molecule has 0 atom stereocenters. The molecule has 0 saturated heterocycles. The number of carbonyl (C=O) groups is 2. The molecule has 8 nitrogen and oxygen atoms in total. The summed E-state index contributed by atoms with van der Waals surface area (Å²) in [5, 5.41) is 6.08. The first-order chi connectivity index (χ1) is 11.9. The number of hydrogen-bond acceptors (Lipinski definition) is 4. The molecule has 10 heteroatoms. The van der Waals surface area contributed by atoms with Crippen molar-refractivity contribution >= 4 is 17.5 Å². The second kappa shape index (κ2) is 6.46. The number of carbonyl (C=O) groups excluding carboxylic acids is 2. The van der Waals surface area contributed by atoms with Gasteiger partial charge < -0.3 is 10.2 Å².